The molecule has 1 aliphatic rings. The molecule has 3 aromatic rings. The Bertz CT molecular complexity index is 801. The van der Waals surface area contributed by atoms with Crippen molar-refractivity contribution in [3.8, 4) is 22.3 Å². The van der Waals surface area contributed by atoms with E-state index in [-0.39, 0.29) is 13.5 Å². The SMILES string of the molecule is S.c1ccc(-c2ccccc2-c2ccccc2C2CCCCC2)cc1. The van der Waals surface area contributed by atoms with E-state index in [1.807, 2.05) is 0 Å². The molecule has 0 atom stereocenters. The average Bonchev–Trinajstić information content (AvgIpc) is 2.69. The largest absolute Gasteiger partial charge is 0.197 e. The molecule has 1 fully saturated rings. The molecule has 4 rings (SSSR count). The topological polar surface area (TPSA) is 0 Å². The lowest BCUT2D eigenvalue weighted by Gasteiger charge is -2.25. The Kier molecular flexibility index (Phi) is 5.99. The maximum Gasteiger partial charge on any atom is -0.0103 e. The summed E-state index contributed by atoms with van der Waals surface area (Å²) in [5.41, 5.74) is 6.96. The Hall–Kier alpha value is -1.99. The summed E-state index contributed by atoms with van der Waals surface area (Å²) in [4.78, 5) is 0. The first-order valence-corrected chi connectivity index (χ1v) is 9.17. The summed E-state index contributed by atoms with van der Waals surface area (Å²) in [6, 6.07) is 28.7. The highest BCUT2D eigenvalue weighted by Gasteiger charge is 2.19. The van der Waals surface area contributed by atoms with Crippen LogP contribution in [0.5, 0.6) is 0 Å². The standard InChI is InChI=1S/C24H24.H2S/c1-3-11-19(12-4-1)21-15-7-9-17-23(21)24-18-10-8-16-22(24)20-13-5-2-6-14-20;/h1,3-4,7-12,15-18,20H,2,5-6,13-14H2;1H2. The summed E-state index contributed by atoms with van der Waals surface area (Å²) in [5, 5.41) is 0. The van der Waals surface area contributed by atoms with E-state index in [2.05, 4.69) is 78.9 Å². The van der Waals surface area contributed by atoms with E-state index < -0.39 is 0 Å². The minimum atomic E-state index is 0. The first-order valence-electron chi connectivity index (χ1n) is 9.17. The molecule has 0 amide bonds. The van der Waals surface area contributed by atoms with Gasteiger partial charge in [0.05, 0.1) is 0 Å². The Labute approximate surface area is 158 Å². The molecule has 0 saturated heterocycles. The van der Waals surface area contributed by atoms with Crippen LogP contribution in [-0.2, 0) is 0 Å². The molecule has 1 saturated carbocycles. The summed E-state index contributed by atoms with van der Waals surface area (Å²) in [7, 11) is 0. The van der Waals surface area contributed by atoms with Gasteiger partial charge >= 0.3 is 0 Å². The molecule has 0 radical (unpaired) electrons. The lowest BCUT2D eigenvalue weighted by atomic mass is 9.80. The lowest BCUT2D eigenvalue weighted by molar-refractivity contribution is 0.444. The highest BCUT2D eigenvalue weighted by molar-refractivity contribution is 7.59. The summed E-state index contributed by atoms with van der Waals surface area (Å²) in [6.07, 6.45) is 6.83. The van der Waals surface area contributed by atoms with Crippen molar-refractivity contribution in [3.05, 3.63) is 84.4 Å². The third-order valence-electron chi connectivity index (χ3n) is 5.31. The molecule has 1 heteroatoms. The zero-order valence-corrected chi connectivity index (χ0v) is 15.6. The fraction of sp³-hybridized carbons (Fsp3) is 0.250. The Morgan fingerprint density at radius 3 is 1.80 bits per heavy atom. The number of hydrogen-bond donors (Lipinski definition) is 0. The second kappa shape index (κ2) is 8.40. The molecule has 0 aliphatic heterocycles. The van der Waals surface area contributed by atoms with Crippen molar-refractivity contribution in [3.63, 3.8) is 0 Å². The fourth-order valence-corrected chi connectivity index (χ4v) is 4.10. The van der Waals surface area contributed by atoms with E-state index in [9.17, 15) is 0 Å². The summed E-state index contributed by atoms with van der Waals surface area (Å²) < 4.78 is 0. The maximum absolute atomic E-state index is 2.35. The first-order chi connectivity index (χ1) is 11.9. The number of rotatable bonds is 3. The quantitative estimate of drug-likeness (QED) is 0.471. The van der Waals surface area contributed by atoms with Gasteiger partial charge in [0.2, 0.25) is 0 Å². The van der Waals surface area contributed by atoms with Crippen molar-refractivity contribution in [2.75, 3.05) is 0 Å². The van der Waals surface area contributed by atoms with E-state index in [0.717, 1.165) is 5.92 Å². The van der Waals surface area contributed by atoms with E-state index in [0.29, 0.717) is 0 Å². The van der Waals surface area contributed by atoms with Gasteiger partial charge in [-0.05, 0) is 46.6 Å². The van der Waals surface area contributed by atoms with E-state index in [1.165, 1.54) is 54.4 Å². The molecule has 25 heavy (non-hydrogen) atoms. The molecule has 128 valence electrons. The van der Waals surface area contributed by atoms with Crippen molar-refractivity contribution in [1.82, 2.24) is 0 Å². The van der Waals surface area contributed by atoms with Crippen LogP contribution in [-0.4, -0.2) is 0 Å². The zero-order chi connectivity index (χ0) is 16.2. The fourth-order valence-electron chi connectivity index (χ4n) is 4.10. The van der Waals surface area contributed by atoms with Gasteiger partial charge < -0.3 is 0 Å². The second-order valence-electron chi connectivity index (χ2n) is 6.83. The van der Waals surface area contributed by atoms with Crippen LogP contribution in [0.2, 0.25) is 0 Å². The molecule has 0 heterocycles. The van der Waals surface area contributed by atoms with Gasteiger partial charge in [0, 0.05) is 0 Å². The van der Waals surface area contributed by atoms with Gasteiger partial charge in [-0.25, -0.2) is 0 Å². The molecule has 0 aromatic heterocycles. The van der Waals surface area contributed by atoms with Gasteiger partial charge in [0.25, 0.3) is 0 Å². The van der Waals surface area contributed by atoms with Gasteiger partial charge in [-0.2, -0.15) is 13.5 Å². The Balaban J connectivity index is 0.00000182. The molecule has 0 bridgehead atoms. The van der Waals surface area contributed by atoms with Crippen LogP contribution in [0.15, 0.2) is 78.9 Å². The smallest absolute Gasteiger partial charge is 0.0103 e. The monoisotopic (exact) mass is 346 g/mol. The van der Waals surface area contributed by atoms with Gasteiger partial charge in [0.1, 0.15) is 0 Å². The summed E-state index contributed by atoms with van der Waals surface area (Å²) >= 11 is 0. The minimum Gasteiger partial charge on any atom is -0.197 e. The van der Waals surface area contributed by atoms with Crippen LogP contribution in [0.4, 0.5) is 0 Å². The molecular weight excluding hydrogens is 320 g/mol. The zero-order valence-electron chi connectivity index (χ0n) is 14.6. The van der Waals surface area contributed by atoms with Crippen LogP contribution in [0.1, 0.15) is 43.6 Å². The number of benzene rings is 3. The minimum absolute atomic E-state index is 0. The lowest BCUT2D eigenvalue weighted by Crippen LogP contribution is -2.06. The Morgan fingerprint density at radius 2 is 1.08 bits per heavy atom. The van der Waals surface area contributed by atoms with Crippen molar-refractivity contribution in [2.24, 2.45) is 0 Å². The van der Waals surface area contributed by atoms with Gasteiger partial charge in [-0.3, -0.25) is 0 Å². The van der Waals surface area contributed by atoms with Crippen molar-refractivity contribution >= 4 is 13.5 Å². The highest BCUT2D eigenvalue weighted by Crippen LogP contribution is 2.40. The highest BCUT2D eigenvalue weighted by atomic mass is 32.1. The van der Waals surface area contributed by atoms with Crippen LogP contribution in [0.25, 0.3) is 22.3 Å². The average molecular weight is 347 g/mol. The predicted molar refractivity (Wildman–Crippen MR) is 114 cm³/mol. The Morgan fingerprint density at radius 1 is 0.520 bits per heavy atom. The second-order valence-corrected chi connectivity index (χ2v) is 6.83. The van der Waals surface area contributed by atoms with Gasteiger partial charge in [-0.1, -0.05) is 98.1 Å². The van der Waals surface area contributed by atoms with Crippen LogP contribution in [0.3, 0.4) is 0 Å². The number of hydrogen-bond acceptors (Lipinski definition) is 0. The normalized spacial score (nSPS) is 14.7. The molecule has 1 aliphatic carbocycles. The molecule has 0 nitrogen and oxygen atoms in total. The van der Waals surface area contributed by atoms with Crippen LogP contribution >= 0.6 is 13.5 Å². The molecule has 3 aromatic carbocycles. The van der Waals surface area contributed by atoms with Crippen molar-refractivity contribution < 1.29 is 0 Å². The van der Waals surface area contributed by atoms with E-state index in [1.54, 1.807) is 5.56 Å². The van der Waals surface area contributed by atoms with E-state index >= 15 is 0 Å². The van der Waals surface area contributed by atoms with Gasteiger partial charge in [-0.15, -0.1) is 0 Å². The summed E-state index contributed by atoms with van der Waals surface area (Å²) in [6.45, 7) is 0. The molecular formula is C24H26S. The van der Waals surface area contributed by atoms with Crippen molar-refractivity contribution in [2.45, 2.75) is 38.0 Å². The predicted octanol–water partition coefficient (Wildman–Crippen LogP) is 7.18. The summed E-state index contributed by atoms with van der Waals surface area (Å²) in [5.74, 6) is 0.721. The first kappa shape index (κ1) is 17.8. The maximum atomic E-state index is 2.35. The van der Waals surface area contributed by atoms with Crippen molar-refractivity contribution in [1.29, 1.82) is 0 Å². The van der Waals surface area contributed by atoms with Crippen LogP contribution < -0.4 is 0 Å². The van der Waals surface area contributed by atoms with Gasteiger partial charge in [0.15, 0.2) is 0 Å². The third kappa shape index (κ3) is 3.82. The molecule has 0 spiro atoms. The van der Waals surface area contributed by atoms with Crippen LogP contribution in [0, 0.1) is 0 Å². The third-order valence-corrected chi connectivity index (χ3v) is 5.31. The molecule has 0 unspecified atom stereocenters. The van der Waals surface area contributed by atoms with E-state index in [4.69, 9.17) is 0 Å². The molecule has 0 N–H and O–H groups in total.